The molecule has 1 heterocycles. The molecule has 0 fully saturated rings. The first-order chi connectivity index (χ1) is 25.1. The SMILES string of the molecule is [2H]c1c([2H])c([2H])c(-c2c([2H])c([2H])c(-c3c4ccccc4c(-c4ccc5oc6cc7ccccc7cc6c5c4)c4ccccc34)c([2H])c2[2H])c([2H])c1[2H]. The molecular weight excluding hydrogens is 520 g/mol. The van der Waals surface area contributed by atoms with Crippen molar-refractivity contribution in [2.45, 2.75) is 0 Å². The second-order valence-corrected chi connectivity index (χ2v) is 10.6. The fourth-order valence-electron chi connectivity index (χ4n) is 6.26. The zero-order valence-corrected chi connectivity index (χ0v) is 22.7. The largest absolute Gasteiger partial charge is 0.456 e. The van der Waals surface area contributed by atoms with E-state index in [1.807, 2.05) is 72.8 Å². The Kier molecular flexibility index (Phi) is 3.67. The number of rotatable bonds is 3. The Morgan fingerprint density at radius 2 is 0.884 bits per heavy atom. The summed E-state index contributed by atoms with van der Waals surface area (Å²) in [6, 6.07) is 29.2. The highest BCUT2D eigenvalue weighted by Gasteiger charge is 2.18. The lowest BCUT2D eigenvalue weighted by Gasteiger charge is -2.18. The van der Waals surface area contributed by atoms with Gasteiger partial charge in [0.2, 0.25) is 0 Å². The van der Waals surface area contributed by atoms with Crippen molar-refractivity contribution in [1.29, 1.82) is 0 Å². The number of fused-ring (bicyclic) bond motifs is 6. The van der Waals surface area contributed by atoms with Crippen LogP contribution in [-0.2, 0) is 0 Å². The van der Waals surface area contributed by atoms with Gasteiger partial charge in [-0.25, -0.2) is 0 Å². The maximum absolute atomic E-state index is 9.27. The van der Waals surface area contributed by atoms with Gasteiger partial charge in [-0.3, -0.25) is 0 Å². The van der Waals surface area contributed by atoms with Crippen LogP contribution in [0.4, 0.5) is 0 Å². The van der Waals surface area contributed by atoms with Crippen molar-refractivity contribution in [3.05, 3.63) is 158 Å². The van der Waals surface area contributed by atoms with Crippen molar-refractivity contribution >= 4 is 54.3 Å². The summed E-state index contributed by atoms with van der Waals surface area (Å²) < 4.78 is 84.3. The third-order valence-electron chi connectivity index (χ3n) is 8.18. The highest BCUT2D eigenvalue weighted by atomic mass is 16.3. The molecule has 1 nitrogen and oxygen atoms in total. The molecule has 1 heteroatoms. The number of hydrogen-bond acceptors (Lipinski definition) is 1. The van der Waals surface area contributed by atoms with Gasteiger partial charge in [-0.2, -0.15) is 0 Å². The van der Waals surface area contributed by atoms with E-state index in [4.69, 9.17) is 14.0 Å². The molecule has 0 N–H and O–H groups in total. The monoisotopic (exact) mass is 555 g/mol. The van der Waals surface area contributed by atoms with Gasteiger partial charge in [0.1, 0.15) is 11.2 Å². The predicted octanol–water partition coefficient (Wildman–Crippen LogP) is 12.0. The smallest absolute Gasteiger partial charge is 0.136 e. The van der Waals surface area contributed by atoms with E-state index >= 15 is 0 Å². The average Bonchev–Trinajstić information content (AvgIpc) is 3.52. The van der Waals surface area contributed by atoms with Crippen LogP contribution in [0.1, 0.15) is 12.3 Å². The van der Waals surface area contributed by atoms with Crippen molar-refractivity contribution in [2.75, 3.05) is 0 Å². The molecule has 0 spiro atoms. The van der Waals surface area contributed by atoms with E-state index in [1.54, 1.807) is 0 Å². The van der Waals surface area contributed by atoms with E-state index in [0.29, 0.717) is 5.56 Å². The van der Waals surface area contributed by atoms with Gasteiger partial charge in [0.25, 0.3) is 0 Å². The van der Waals surface area contributed by atoms with E-state index < -0.39 is 42.3 Å². The van der Waals surface area contributed by atoms with E-state index in [2.05, 4.69) is 30.3 Å². The molecular formula is C42H26O. The van der Waals surface area contributed by atoms with Crippen molar-refractivity contribution in [3.8, 4) is 33.4 Å². The van der Waals surface area contributed by atoms with E-state index in [9.17, 15) is 2.74 Å². The molecule has 0 atom stereocenters. The molecule has 0 aliphatic carbocycles. The lowest BCUT2D eigenvalue weighted by Crippen LogP contribution is -1.91. The zero-order chi connectivity index (χ0) is 36.2. The Hall–Kier alpha value is -5.66. The van der Waals surface area contributed by atoms with Gasteiger partial charge in [-0.15, -0.1) is 0 Å². The average molecular weight is 556 g/mol. The summed E-state index contributed by atoms with van der Waals surface area (Å²) in [6.45, 7) is 0. The summed E-state index contributed by atoms with van der Waals surface area (Å²) in [7, 11) is 0. The first-order valence-electron chi connectivity index (χ1n) is 18.5. The molecule has 8 aromatic carbocycles. The summed E-state index contributed by atoms with van der Waals surface area (Å²) >= 11 is 0. The van der Waals surface area contributed by atoms with Crippen LogP contribution in [0, 0.1) is 0 Å². The second kappa shape index (κ2) is 9.44. The minimum absolute atomic E-state index is 0.0632. The Balaban J connectivity index is 1.34. The Bertz CT molecular complexity index is 2900. The molecule has 9 aromatic rings. The highest BCUT2D eigenvalue weighted by Crippen LogP contribution is 2.45. The molecule has 0 aliphatic rings. The molecule has 1 aromatic heterocycles. The van der Waals surface area contributed by atoms with Gasteiger partial charge in [0, 0.05) is 10.8 Å². The van der Waals surface area contributed by atoms with Crippen LogP contribution in [-0.4, -0.2) is 0 Å². The standard InChI is InChI=1S/C42H26O/c1-2-10-27(11-3-1)28-18-20-29(21-19-28)41-33-14-6-8-16-35(33)42(36-17-9-7-15-34(36)41)32-22-23-39-37(25-32)38-24-30-12-4-5-13-31(30)26-40(38)43-39/h1-26H/i1D,2D,3D,10D,11D,18D,19D,20D,21D. The summed E-state index contributed by atoms with van der Waals surface area (Å²) in [5.41, 5.74) is 3.32. The molecule has 0 saturated carbocycles. The molecule has 9 rings (SSSR count). The Morgan fingerprint density at radius 1 is 0.372 bits per heavy atom. The van der Waals surface area contributed by atoms with Crippen molar-refractivity contribution in [1.82, 2.24) is 0 Å². The number of benzene rings is 8. The normalized spacial score (nSPS) is 14.7. The van der Waals surface area contributed by atoms with Crippen molar-refractivity contribution in [2.24, 2.45) is 0 Å². The summed E-state index contributed by atoms with van der Waals surface area (Å²) in [6.07, 6.45) is 0. The van der Waals surface area contributed by atoms with Crippen LogP contribution in [0.5, 0.6) is 0 Å². The number of furan rings is 1. The van der Waals surface area contributed by atoms with Gasteiger partial charge in [0.15, 0.2) is 0 Å². The molecule has 0 radical (unpaired) electrons. The maximum Gasteiger partial charge on any atom is 0.136 e. The van der Waals surface area contributed by atoms with Crippen LogP contribution in [0.3, 0.4) is 0 Å². The summed E-state index contributed by atoms with van der Waals surface area (Å²) in [5, 5.41) is 7.31. The van der Waals surface area contributed by atoms with Crippen LogP contribution in [0.25, 0.3) is 87.6 Å². The van der Waals surface area contributed by atoms with Gasteiger partial charge in [-0.1, -0.05) is 133 Å². The van der Waals surface area contributed by atoms with Gasteiger partial charge in [0.05, 0.1) is 12.3 Å². The van der Waals surface area contributed by atoms with Gasteiger partial charge < -0.3 is 4.42 Å². The fourth-order valence-corrected chi connectivity index (χ4v) is 6.26. The molecule has 0 bridgehead atoms. The van der Waals surface area contributed by atoms with E-state index in [-0.39, 0.29) is 28.8 Å². The van der Waals surface area contributed by atoms with Crippen LogP contribution in [0.15, 0.2) is 162 Å². The molecule has 0 amide bonds. The zero-order valence-electron chi connectivity index (χ0n) is 31.7. The van der Waals surface area contributed by atoms with Gasteiger partial charge in [-0.05, 0) is 90.0 Å². The topological polar surface area (TPSA) is 13.1 Å². The Labute approximate surface area is 261 Å². The Morgan fingerprint density at radius 3 is 1.53 bits per heavy atom. The van der Waals surface area contributed by atoms with E-state index in [0.717, 1.165) is 65.4 Å². The van der Waals surface area contributed by atoms with Gasteiger partial charge >= 0.3 is 0 Å². The minimum atomic E-state index is -0.612. The molecule has 200 valence electrons. The minimum Gasteiger partial charge on any atom is -0.456 e. The lowest BCUT2D eigenvalue weighted by molar-refractivity contribution is 0.669. The van der Waals surface area contributed by atoms with Crippen molar-refractivity contribution in [3.63, 3.8) is 0 Å². The first kappa shape index (κ1) is 16.7. The third-order valence-corrected chi connectivity index (χ3v) is 8.18. The lowest BCUT2D eigenvalue weighted by atomic mass is 9.85. The summed E-state index contributed by atoms with van der Waals surface area (Å²) in [5.74, 6) is 0. The molecule has 0 saturated heterocycles. The maximum atomic E-state index is 9.27. The van der Waals surface area contributed by atoms with Crippen LogP contribution in [0.2, 0.25) is 0 Å². The molecule has 0 aliphatic heterocycles. The summed E-state index contributed by atoms with van der Waals surface area (Å²) in [4.78, 5) is 0. The quantitative estimate of drug-likeness (QED) is 0.198. The predicted molar refractivity (Wildman–Crippen MR) is 183 cm³/mol. The van der Waals surface area contributed by atoms with E-state index in [1.165, 1.54) is 0 Å². The fraction of sp³-hybridized carbons (Fsp3) is 0. The first-order valence-corrected chi connectivity index (χ1v) is 14.0. The second-order valence-electron chi connectivity index (χ2n) is 10.6. The van der Waals surface area contributed by atoms with Crippen LogP contribution >= 0.6 is 0 Å². The van der Waals surface area contributed by atoms with Crippen LogP contribution < -0.4 is 0 Å². The molecule has 43 heavy (non-hydrogen) atoms. The third kappa shape index (κ3) is 3.79. The molecule has 0 unspecified atom stereocenters. The van der Waals surface area contributed by atoms with Crippen molar-refractivity contribution < 1.29 is 16.8 Å². The highest BCUT2D eigenvalue weighted by molar-refractivity contribution is 6.22. The number of hydrogen-bond donors (Lipinski definition) is 0.